The molecule has 4 heteroatoms. The molecule has 0 N–H and O–H groups in total. The van der Waals surface area contributed by atoms with Crippen LogP contribution in [0.3, 0.4) is 0 Å². The Kier molecular flexibility index (Phi) is 4.78. The minimum Gasteiger partial charge on any atom is -0.453 e. The minimum absolute atomic E-state index is 0.0122. The second-order valence-corrected chi connectivity index (χ2v) is 12.5. The Morgan fingerprint density at radius 2 is 1.09 bits per heavy atom. The van der Waals surface area contributed by atoms with Crippen molar-refractivity contribution in [2.45, 2.75) is 78.6 Å². The zero-order valence-electron chi connectivity index (χ0n) is 21.8. The van der Waals surface area contributed by atoms with E-state index in [1.54, 1.807) is 0 Å². The molecule has 0 radical (unpaired) electrons. The molecule has 0 atom stereocenters. The van der Waals surface area contributed by atoms with Crippen molar-refractivity contribution >= 4 is 11.4 Å². The first kappa shape index (κ1) is 22.6. The van der Waals surface area contributed by atoms with Gasteiger partial charge >= 0.3 is 0 Å². The molecule has 176 valence electrons. The Balaban J connectivity index is 1.68. The van der Waals surface area contributed by atoms with Crippen molar-refractivity contribution in [3.8, 4) is 23.0 Å². The van der Waals surface area contributed by atoms with Crippen LogP contribution in [-0.2, 0) is 16.2 Å². The molecule has 0 aromatic heterocycles. The minimum atomic E-state index is -0.0810. The van der Waals surface area contributed by atoms with Crippen molar-refractivity contribution < 1.29 is 9.47 Å². The monoisotopic (exact) mass is 454 g/mol. The maximum atomic E-state index is 6.53. The molecule has 0 amide bonds. The average molecular weight is 455 g/mol. The van der Waals surface area contributed by atoms with Crippen LogP contribution in [0.15, 0.2) is 52.4 Å². The van der Waals surface area contributed by atoms with Gasteiger partial charge in [-0.05, 0) is 45.6 Å². The van der Waals surface area contributed by atoms with Crippen molar-refractivity contribution in [2.75, 3.05) is 0 Å². The Labute approximate surface area is 202 Å². The Bertz CT molecular complexity index is 1450. The number of rotatable bonds is 0. The molecule has 0 unspecified atom stereocenters. The zero-order chi connectivity index (χ0) is 24.6. The predicted molar refractivity (Wildman–Crippen MR) is 137 cm³/mol. The summed E-state index contributed by atoms with van der Waals surface area (Å²) in [5, 5.41) is 1.53. The van der Waals surface area contributed by atoms with Gasteiger partial charge in [-0.3, -0.25) is 0 Å². The lowest BCUT2D eigenvalue weighted by molar-refractivity contribution is 0.434. The van der Waals surface area contributed by atoms with E-state index in [4.69, 9.17) is 19.5 Å². The summed E-state index contributed by atoms with van der Waals surface area (Å²) < 4.78 is 12.8. The number of fused-ring (bicyclic) bond motifs is 4. The summed E-state index contributed by atoms with van der Waals surface area (Å²) in [6.07, 6.45) is 0. The van der Waals surface area contributed by atoms with Crippen molar-refractivity contribution in [1.29, 1.82) is 0 Å². The van der Waals surface area contributed by atoms with Crippen LogP contribution in [0.2, 0.25) is 0 Å². The van der Waals surface area contributed by atoms with Crippen LogP contribution in [0.1, 0.15) is 79.0 Å². The molecule has 2 aliphatic heterocycles. The second kappa shape index (κ2) is 7.18. The van der Waals surface area contributed by atoms with E-state index in [0.717, 1.165) is 39.2 Å². The van der Waals surface area contributed by atoms with Gasteiger partial charge in [-0.25, -0.2) is 9.98 Å². The summed E-state index contributed by atoms with van der Waals surface area (Å²) in [6, 6.07) is 14.6. The fourth-order valence-electron chi connectivity index (χ4n) is 4.32. The van der Waals surface area contributed by atoms with Crippen LogP contribution < -0.4 is 20.2 Å². The first-order chi connectivity index (χ1) is 15.7. The van der Waals surface area contributed by atoms with E-state index in [1.165, 1.54) is 11.1 Å². The molecule has 3 aromatic rings. The summed E-state index contributed by atoms with van der Waals surface area (Å²) in [4.78, 5) is 9.94. The molecule has 34 heavy (non-hydrogen) atoms. The summed E-state index contributed by atoms with van der Waals surface area (Å²) in [6.45, 7) is 19.9. The van der Waals surface area contributed by atoms with E-state index < -0.39 is 0 Å². The van der Waals surface area contributed by atoms with Crippen LogP contribution in [0.5, 0.6) is 23.0 Å². The molecule has 0 bridgehead atoms. The first-order valence-electron chi connectivity index (χ1n) is 12.0. The van der Waals surface area contributed by atoms with Gasteiger partial charge in [0.15, 0.2) is 23.0 Å². The van der Waals surface area contributed by atoms with Crippen molar-refractivity contribution in [2.24, 2.45) is 9.98 Å². The summed E-state index contributed by atoms with van der Waals surface area (Å²) in [5.74, 6) is 3.01. The highest BCUT2D eigenvalue weighted by Crippen LogP contribution is 2.45. The zero-order valence-corrected chi connectivity index (χ0v) is 21.8. The van der Waals surface area contributed by atoms with E-state index in [0.29, 0.717) is 11.5 Å². The molecule has 2 heterocycles. The molecule has 4 nitrogen and oxygen atoms in total. The van der Waals surface area contributed by atoms with Gasteiger partial charge in [-0.15, -0.1) is 0 Å². The van der Waals surface area contributed by atoms with E-state index in [2.05, 4.69) is 86.6 Å². The van der Waals surface area contributed by atoms with Gasteiger partial charge in [0.1, 0.15) is 22.1 Å². The summed E-state index contributed by atoms with van der Waals surface area (Å²) >= 11 is 0. The van der Waals surface area contributed by atoms with Gasteiger partial charge in [-0.2, -0.15) is 0 Å². The number of nitrogens with zero attached hydrogens (tertiary/aromatic N) is 2. The molecule has 0 saturated carbocycles. The molecule has 5 rings (SSSR count). The lowest BCUT2D eigenvalue weighted by Gasteiger charge is -2.29. The number of hydrogen-bond acceptors (Lipinski definition) is 4. The number of hydrogen-bond donors (Lipinski definition) is 0. The number of benzene rings is 3. The Morgan fingerprint density at radius 3 is 1.68 bits per heavy atom. The van der Waals surface area contributed by atoms with E-state index in [9.17, 15) is 0 Å². The molecule has 0 fully saturated rings. The predicted octanol–water partition coefficient (Wildman–Crippen LogP) is 7.69. The van der Waals surface area contributed by atoms with Crippen LogP contribution in [-0.4, -0.2) is 0 Å². The van der Waals surface area contributed by atoms with Gasteiger partial charge in [-0.1, -0.05) is 74.4 Å². The Hall–Kier alpha value is -3.14. The number of ether oxygens (including phenoxy) is 2. The normalized spacial score (nSPS) is 14.4. The van der Waals surface area contributed by atoms with Crippen molar-refractivity contribution in [3.63, 3.8) is 0 Å². The third-order valence-electron chi connectivity index (χ3n) is 6.52. The Morgan fingerprint density at radius 1 is 0.529 bits per heavy atom. The van der Waals surface area contributed by atoms with Crippen LogP contribution in [0.4, 0.5) is 11.4 Å². The maximum Gasteiger partial charge on any atom is 0.156 e. The van der Waals surface area contributed by atoms with Gasteiger partial charge in [0.05, 0.1) is 0 Å². The third kappa shape index (κ3) is 3.89. The van der Waals surface area contributed by atoms with Crippen molar-refractivity contribution in [3.05, 3.63) is 69.9 Å². The lowest BCUT2D eigenvalue weighted by atomic mass is 9.79. The van der Waals surface area contributed by atoms with E-state index in [1.807, 2.05) is 18.2 Å². The van der Waals surface area contributed by atoms with Gasteiger partial charge in [0.2, 0.25) is 0 Å². The fourth-order valence-corrected chi connectivity index (χ4v) is 4.32. The molecular weight excluding hydrogens is 420 g/mol. The highest BCUT2D eigenvalue weighted by Gasteiger charge is 2.29. The molecule has 0 spiro atoms. The largest absolute Gasteiger partial charge is 0.453 e. The standard InChI is InChI=1S/C30H34N2O2/c1-28(2,3)17-10-11-24-20(13-17)31-21-16-26-22(15-25(21)33-24)32-23-14-18(29(4,5)6)12-19(27(23)34-26)30(7,8)9/h10-16H,1-9H3. The smallest absolute Gasteiger partial charge is 0.156 e. The fraction of sp³-hybridized carbons (Fsp3) is 0.400. The van der Waals surface area contributed by atoms with E-state index in [-0.39, 0.29) is 16.2 Å². The highest BCUT2D eigenvalue weighted by molar-refractivity contribution is 5.65. The van der Waals surface area contributed by atoms with Crippen LogP contribution in [0.25, 0.3) is 0 Å². The van der Waals surface area contributed by atoms with Gasteiger partial charge in [0, 0.05) is 17.7 Å². The topological polar surface area (TPSA) is 43.2 Å². The maximum absolute atomic E-state index is 6.53. The van der Waals surface area contributed by atoms with Crippen LogP contribution in [0, 0.1) is 0 Å². The average Bonchev–Trinajstić information content (AvgIpc) is 2.71. The molecule has 3 aromatic carbocycles. The lowest BCUT2D eigenvalue weighted by Crippen LogP contribution is -2.22. The van der Waals surface area contributed by atoms with Gasteiger partial charge < -0.3 is 9.47 Å². The molecule has 0 aliphatic carbocycles. The van der Waals surface area contributed by atoms with Crippen molar-refractivity contribution in [1.82, 2.24) is 0 Å². The molecule has 0 saturated heterocycles. The van der Waals surface area contributed by atoms with Gasteiger partial charge in [0.25, 0.3) is 0 Å². The second-order valence-electron chi connectivity index (χ2n) is 12.5. The first-order valence-corrected chi connectivity index (χ1v) is 12.0. The van der Waals surface area contributed by atoms with Crippen LogP contribution >= 0.6 is 0 Å². The SMILES string of the molecule is CC(C)(C)c1ccc2c(c1)N=c1cc3c(cc1O2)=Nc1cc(C(C)(C)C)cc(C(C)(C)C)c1O3. The highest BCUT2D eigenvalue weighted by atomic mass is 16.5. The molecule has 2 aliphatic rings. The quantitative estimate of drug-likeness (QED) is 0.241. The summed E-state index contributed by atoms with van der Waals surface area (Å²) in [5.41, 5.74) is 5.33. The summed E-state index contributed by atoms with van der Waals surface area (Å²) in [7, 11) is 0. The third-order valence-corrected chi connectivity index (χ3v) is 6.52. The molecular formula is C30H34N2O2. The van der Waals surface area contributed by atoms with E-state index >= 15 is 0 Å².